The van der Waals surface area contributed by atoms with Crippen LogP contribution >= 0.6 is 0 Å². The monoisotopic (exact) mass is 226 g/mol. The highest BCUT2D eigenvalue weighted by Gasteiger charge is 2.32. The van der Waals surface area contributed by atoms with Gasteiger partial charge in [-0.1, -0.05) is 46.0 Å². The molecule has 0 aromatic heterocycles. The molecule has 2 nitrogen and oxygen atoms in total. The topological polar surface area (TPSA) is 29.3 Å². The van der Waals surface area contributed by atoms with Gasteiger partial charge in [-0.25, -0.2) is 0 Å². The molecule has 0 radical (unpaired) electrons. The van der Waals surface area contributed by atoms with Gasteiger partial charge in [0.1, 0.15) is 0 Å². The van der Waals surface area contributed by atoms with Crippen molar-refractivity contribution in [2.75, 3.05) is 20.1 Å². The second-order valence-corrected chi connectivity index (χ2v) is 5.97. The van der Waals surface area contributed by atoms with Crippen LogP contribution in [0.3, 0.4) is 0 Å². The van der Waals surface area contributed by atoms with E-state index in [2.05, 4.69) is 25.8 Å². The zero-order valence-electron chi connectivity index (χ0n) is 11.5. The Kier molecular flexibility index (Phi) is 5.77. The molecule has 1 rings (SSSR count). The van der Waals surface area contributed by atoms with E-state index in [1.807, 2.05) is 0 Å². The van der Waals surface area contributed by atoms with Crippen LogP contribution in [0.5, 0.6) is 0 Å². The summed E-state index contributed by atoms with van der Waals surface area (Å²) in [6.07, 6.45) is 9.54. The van der Waals surface area contributed by atoms with Gasteiger partial charge in [0, 0.05) is 18.6 Å². The number of hydrogen-bond donors (Lipinski definition) is 1. The summed E-state index contributed by atoms with van der Waals surface area (Å²) in [5, 5.41) is 0. The largest absolute Gasteiger partial charge is 0.329 e. The van der Waals surface area contributed by atoms with Crippen molar-refractivity contribution in [3.8, 4) is 0 Å². The Balaban J connectivity index is 2.63. The maximum absolute atomic E-state index is 6.09. The lowest BCUT2D eigenvalue weighted by atomic mass is 9.82. The minimum atomic E-state index is 0.296. The number of hydrogen-bond acceptors (Lipinski definition) is 2. The molecule has 1 fully saturated rings. The van der Waals surface area contributed by atoms with E-state index in [0.717, 1.165) is 12.5 Å². The van der Waals surface area contributed by atoms with Crippen molar-refractivity contribution in [3.63, 3.8) is 0 Å². The summed E-state index contributed by atoms with van der Waals surface area (Å²) in [6, 6.07) is 0. The summed E-state index contributed by atoms with van der Waals surface area (Å²) in [5.41, 5.74) is 6.39. The molecule has 2 heteroatoms. The molecule has 0 saturated heterocycles. The molecular weight excluding hydrogens is 196 g/mol. The Morgan fingerprint density at radius 1 is 1.06 bits per heavy atom. The highest BCUT2D eigenvalue weighted by molar-refractivity contribution is 4.91. The molecule has 1 aliphatic rings. The maximum Gasteiger partial charge on any atom is 0.0328 e. The predicted octanol–water partition coefficient (Wildman–Crippen LogP) is 3.02. The second kappa shape index (κ2) is 6.61. The second-order valence-electron chi connectivity index (χ2n) is 5.97. The Labute approximate surface area is 102 Å². The molecule has 0 unspecified atom stereocenters. The van der Waals surface area contributed by atoms with Crippen LogP contribution in [-0.4, -0.2) is 30.6 Å². The van der Waals surface area contributed by atoms with Crippen molar-refractivity contribution in [1.29, 1.82) is 0 Å². The average Bonchev–Trinajstić information content (AvgIpc) is 2.17. The zero-order chi connectivity index (χ0) is 12.0. The van der Waals surface area contributed by atoms with E-state index < -0.39 is 0 Å². The quantitative estimate of drug-likeness (QED) is 0.798. The standard InChI is InChI=1S/C14H30N2/c1-13(2)11-16(3)14(12-15)9-7-5-4-6-8-10-14/h13H,4-12,15H2,1-3H3. The number of likely N-dealkylation sites (N-methyl/N-ethyl adjacent to an activating group) is 1. The van der Waals surface area contributed by atoms with Crippen molar-refractivity contribution in [2.24, 2.45) is 11.7 Å². The Morgan fingerprint density at radius 3 is 2.00 bits per heavy atom. The van der Waals surface area contributed by atoms with Crippen LogP contribution in [0.2, 0.25) is 0 Å². The fourth-order valence-corrected chi connectivity index (χ4v) is 3.05. The first-order valence-electron chi connectivity index (χ1n) is 7.02. The Hall–Kier alpha value is -0.0800. The molecule has 0 atom stereocenters. The predicted molar refractivity (Wildman–Crippen MR) is 71.6 cm³/mol. The van der Waals surface area contributed by atoms with Crippen molar-refractivity contribution in [2.45, 2.75) is 64.3 Å². The van der Waals surface area contributed by atoms with E-state index in [-0.39, 0.29) is 0 Å². The SMILES string of the molecule is CC(C)CN(C)C1(CN)CCCCCCC1. The molecular formula is C14H30N2. The van der Waals surface area contributed by atoms with Crippen molar-refractivity contribution in [1.82, 2.24) is 4.90 Å². The van der Waals surface area contributed by atoms with Crippen LogP contribution in [0.4, 0.5) is 0 Å². The molecule has 0 aliphatic heterocycles. The first kappa shape index (κ1) is 14.0. The first-order valence-corrected chi connectivity index (χ1v) is 7.02. The van der Waals surface area contributed by atoms with Crippen LogP contribution in [0.15, 0.2) is 0 Å². The van der Waals surface area contributed by atoms with E-state index in [0.29, 0.717) is 5.54 Å². The van der Waals surface area contributed by atoms with E-state index in [1.54, 1.807) is 0 Å². The zero-order valence-corrected chi connectivity index (χ0v) is 11.5. The van der Waals surface area contributed by atoms with Gasteiger partial charge in [0.05, 0.1) is 0 Å². The fourth-order valence-electron chi connectivity index (χ4n) is 3.05. The molecule has 16 heavy (non-hydrogen) atoms. The molecule has 0 heterocycles. The highest BCUT2D eigenvalue weighted by Crippen LogP contribution is 2.30. The van der Waals surface area contributed by atoms with Crippen LogP contribution in [-0.2, 0) is 0 Å². The lowest BCUT2D eigenvalue weighted by Crippen LogP contribution is -2.53. The number of rotatable bonds is 4. The third-order valence-electron chi connectivity index (χ3n) is 4.11. The normalized spacial score (nSPS) is 22.1. The van der Waals surface area contributed by atoms with E-state index in [9.17, 15) is 0 Å². The van der Waals surface area contributed by atoms with E-state index >= 15 is 0 Å². The van der Waals surface area contributed by atoms with Crippen LogP contribution in [0.25, 0.3) is 0 Å². The molecule has 1 aliphatic carbocycles. The highest BCUT2D eigenvalue weighted by atomic mass is 15.2. The van der Waals surface area contributed by atoms with Crippen molar-refractivity contribution >= 4 is 0 Å². The van der Waals surface area contributed by atoms with Gasteiger partial charge in [0.25, 0.3) is 0 Å². The van der Waals surface area contributed by atoms with Gasteiger partial charge in [-0.2, -0.15) is 0 Å². The molecule has 0 amide bonds. The van der Waals surface area contributed by atoms with E-state index in [1.165, 1.54) is 51.5 Å². The van der Waals surface area contributed by atoms with Crippen LogP contribution < -0.4 is 5.73 Å². The summed E-state index contributed by atoms with van der Waals surface area (Å²) in [7, 11) is 2.27. The Bertz CT molecular complexity index is 181. The van der Waals surface area contributed by atoms with Gasteiger partial charge < -0.3 is 5.73 Å². The molecule has 1 saturated carbocycles. The molecule has 0 spiro atoms. The summed E-state index contributed by atoms with van der Waals surface area (Å²) in [4.78, 5) is 2.54. The third kappa shape index (κ3) is 3.74. The lowest BCUT2D eigenvalue weighted by Gasteiger charge is -2.43. The molecule has 96 valence electrons. The summed E-state index contributed by atoms with van der Waals surface area (Å²) >= 11 is 0. The summed E-state index contributed by atoms with van der Waals surface area (Å²) in [5.74, 6) is 0.735. The fraction of sp³-hybridized carbons (Fsp3) is 1.00. The maximum atomic E-state index is 6.09. The lowest BCUT2D eigenvalue weighted by molar-refractivity contribution is 0.0822. The first-order chi connectivity index (χ1) is 7.60. The average molecular weight is 226 g/mol. The molecule has 0 aromatic rings. The summed E-state index contributed by atoms with van der Waals surface area (Å²) < 4.78 is 0. The van der Waals surface area contributed by atoms with Gasteiger partial charge in [0.15, 0.2) is 0 Å². The Morgan fingerprint density at radius 2 is 1.56 bits per heavy atom. The van der Waals surface area contributed by atoms with Gasteiger partial charge in [-0.3, -0.25) is 4.90 Å². The molecule has 2 N–H and O–H groups in total. The molecule has 0 aromatic carbocycles. The summed E-state index contributed by atoms with van der Waals surface area (Å²) in [6.45, 7) is 6.60. The minimum absolute atomic E-state index is 0.296. The molecule has 0 bridgehead atoms. The van der Waals surface area contributed by atoms with E-state index in [4.69, 9.17) is 5.73 Å². The van der Waals surface area contributed by atoms with Gasteiger partial charge in [0.2, 0.25) is 0 Å². The third-order valence-corrected chi connectivity index (χ3v) is 4.11. The number of nitrogens with zero attached hydrogens (tertiary/aromatic N) is 1. The van der Waals surface area contributed by atoms with Gasteiger partial charge >= 0.3 is 0 Å². The van der Waals surface area contributed by atoms with Crippen molar-refractivity contribution < 1.29 is 0 Å². The van der Waals surface area contributed by atoms with Gasteiger partial charge in [-0.15, -0.1) is 0 Å². The van der Waals surface area contributed by atoms with Gasteiger partial charge in [-0.05, 0) is 25.8 Å². The van der Waals surface area contributed by atoms with Crippen molar-refractivity contribution in [3.05, 3.63) is 0 Å². The smallest absolute Gasteiger partial charge is 0.0328 e. The van der Waals surface area contributed by atoms with Crippen LogP contribution in [0.1, 0.15) is 58.8 Å². The van der Waals surface area contributed by atoms with Crippen LogP contribution in [0, 0.1) is 5.92 Å². The number of nitrogens with two attached hydrogens (primary N) is 1. The minimum Gasteiger partial charge on any atom is -0.329 e.